The largest absolute Gasteiger partial charge is 0.361 e. The van der Waals surface area contributed by atoms with Crippen LogP contribution in [-0.4, -0.2) is 43.6 Å². The van der Waals surface area contributed by atoms with Crippen molar-refractivity contribution in [3.8, 4) is 22.5 Å². The van der Waals surface area contributed by atoms with E-state index >= 15 is 0 Å². The fourth-order valence-electron chi connectivity index (χ4n) is 4.78. The number of nitrogens with one attached hydrogen (secondary N) is 2. The van der Waals surface area contributed by atoms with Gasteiger partial charge in [-0.15, -0.1) is 0 Å². The fourth-order valence-corrected chi connectivity index (χ4v) is 4.78. The van der Waals surface area contributed by atoms with Crippen LogP contribution in [0, 0.1) is 11.8 Å². The van der Waals surface area contributed by atoms with Gasteiger partial charge in [0.2, 0.25) is 5.91 Å². The molecule has 7 nitrogen and oxygen atoms in total. The number of hydrogen-bond donors (Lipinski definition) is 2. The van der Waals surface area contributed by atoms with Crippen LogP contribution in [0.15, 0.2) is 59.5 Å². The Hall–Kier alpha value is -3.61. The lowest BCUT2D eigenvalue weighted by Crippen LogP contribution is -2.31. The van der Waals surface area contributed by atoms with Gasteiger partial charge in [-0.2, -0.15) is 5.10 Å². The Balaban J connectivity index is 1.22. The lowest BCUT2D eigenvalue weighted by atomic mass is 10.0. The van der Waals surface area contributed by atoms with Crippen LogP contribution in [0.4, 0.5) is 0 Å². The number of amides is 1. The Morgan fingerprint density at radius 1 is 1.00 bits per heavy atom. The third-order valence-corrected chi connectivity index (χ3v) is 6.75. The number of H-pyrrole nitrogens is 2. The molecule has 1 saturated heterocycles. The zero-order valence-electron chi connectivity index (χ0n) is 17.8. The fraction of sp³-hybridized carbons (Fsp3) is 0.320. The number of fused-ring (bicyclic) bond motifs is 1. The Morgan fingerprint density at radius 2 is 1.78 bits per heavy atom. The predicted molar refractivity (Wildman–Crippen MR) is 123 cm³/mol. The first-order valence-corrected chi connectivity index (χ1v) is 11.3. The minimum absolute atomic E-state index is 0.200. The maximum atomic E-state index is 12.5. The first-order chi connectivity index (χ1) is 15.7. The van der Waals surface area contributed by atoms with Crippen molar-refractivity contribution in [1.82, 2.24) is 24.6 Å². The van der Waals surface area contributed by atoms with Crippen molar-refractivity contribution in [1.29, 1.82) is 0 Å². The van der Waals surface area contributed by atoms with Gasteiger partial charge in [-0.1, -0.05) is 30.3 Å². The third kappa shape index (κ3) is 3.43. The normalized spacial score (nSPS) is 18.5. The first kappa shape index (κ1) is 19.1. The maximum Gasteiger partial charge on any atom is 0.343 e. The third-order valence-electron chi connectivity index (χ3n) is 6.75. The Labute approximate surface area is 185 Å². The molecule has 0 bridgehead atoms. The van der Waals surface area contributed by atoms with Crippen LogP contribution in [-0.2, 0) is 11.3 Å². The summed E-state index contributed by atoms with van der Waals surface area (Å²) in [4.78, 5) is 30.0. The predicted octanol–water partition coefficient (Wildman–Crippen LogP) is 3.65. The number of rotatable bonds is 5. The second kappa shape index (κ2) is 7.51. The van der Waals surface area contributed by atoms with E-state index in [0.717, 1.165) is 54.6 Å². The van der Waals surface area contributed by atoms with Gasteiger partial charge < -0.3 is 9.88 Å². The summed E-state index contributed by atoms with van der Waals surface area (Å²) in [5.41, 5.74) is 4.09. The van der Waals surface area contributed by atoms with Crippen molar-refractivity contribution >= 4 is 16.8 Å². The van der Waals surface area contributed by atoms with Crippen molar-refractivity contribution < 1.29 is 4.79 Å². The molecule has 2 fully saturated rings. The number of benzene rings is 2. The number of carbonyl (C=O) groups is 1. The molecule has 6 rings (SSSR count). The quantitative estimate of drug-likeness (QED) is 0.510. The van der Waals surface area contributed by atoms with Gasteiger partial charge in [0.25, 0.3) is 0 Å². The Bertz CT molecular complexity index is 1340. The second-order valence-corrected chi connectivity index (χ2v) is 9.03. The van der Waals surface area contributed by atoms with E-state index in [0.29, 0.717) is 18.3 Å². The lowest BCUT2D eigenvalue weighted by molar-refractivity contribution is -0.131. The zero-order chi connectivity index (χ0) is 21.7. The van der Waals surface area contributed by atoms with E-state index in [1.165, 1.54) is 5.39 Å². The number of aromatic amines is 2. The highest BCUT2D eigenvalue weighted by atomic mass is 16.2. The van der Waals surface area contributed by atoms with Gasteiger partial charge in [0.15, 0.2) is 5.82 Å². The van der Waals surface area contributed by atoms with Crippen molar-refractivity contribution in [2.24, 2.45) is 11.8 Å². The van der Waals surface area contributed by atoms with Crippen LogP contribution >= 0.6 is 0 Å². The van der Waals surface area contributed by atoms with E-state index in [1.54, 1.807) is 4.57 Å². The molecule has 1 aliphatic heterocycles. The molecule has 2 aromatic heterocycles. The summed E-state index contributed by atoms with van der Waals surface area (Å²) in [5, 5.41) is 8.09. The highest BCUT2D eigenvalue weighted by Crippen LogP contribution is 2.33. The summed E-state index contributed by atoms with van der Waals surface area (Å²) < 4.78 is 1.72. The monoisotopic (exact) mass is 427 g/mol. The van der Waals surface area contributed by atoms with Crippen LogP contribution in [0.25, 0.3) is 33.4 Å². The zero-order valence-corrected chi connectivity index (χ0v) is 17.8. The van der Waals surface area contributed by atoms with Crippen LogP contribution < -0.4 is 5.69 Å². The van der Waals surface area contributed by atoms with Crippen molar-refractivity contribution in [2.45, 2.75) is 25.8 Å². The molecule has 3 heterocycles. The van der Waals surface area contributed by atoms with E-state index in [4.69, 9.17) is 0 Å². The van der Waals surface area contributed by atoms with E-state index in [2.05, 4.69) is 51.6 Å². The van der Waals surface area contributed by atoms with Gasteiger partial charge in [-0.25, -0.2) is 9.89 Å². The molecule has 2 N–H and O–H groups in total. The van der Waals surface area contributed by atoms with Crippen LogP contribution in [0.1, 0.15) is 19.3 Å². The van der Waals surface area contributed by atoms with E-state index in [-0.39, 0.29) is 17.5 Å². The summed E-state index contributed by atoms with van der Waals surface area (Å²) in [7, 11) is 0. The molecule has 32 heavy (non-hydrogen) atoms. The number of carbonyl (C=O) groups excluding carboxylic acids is 1. The molecule has 1 aliphatic carbocycles. The van der Waals surface area contributed by atoms with Gasteiger partial charge >= 0.3 is 5.69 Å². The van der Waals surface area contributed by atoms with E-state index < -0.39 is 0 Å². The van der Waals surface area contributed by atoms with Crippen LogP contribution in [0.5, 0.6) is 0 Å². The van der Waals surface area contributed by atoms with Gasteiger partial charge in [0.05, 0.1) is 0 Å². The molecule has 162 valence electrons. The number of likely N-dealkylation sites (tertiary alicyclic amines) is 1. The molecular formula is C25H25N5O2. The molecule has 0 spiro atoms. The molecule has 1 saturated carbocycles. The smallest absolute Gasteiger partial charge is 0.343 e. The molecule has 1 unspecified atom stereocenters. The lowest BCUT2D eigenvalue weighted by Gasteiger charge is -2.16. The summed E-state index contributed by atoms with van der Waals surface area (Å²) in [5.74, 6) is 1.46. The van der Waals surface area contributed by atoms with Crippen molar-refractivity contribution in [2.75, 3.05) is 13.1 Å². The minimum atomic E-state index is -0.200. The average molecular weight is 428 g/mol. The molecule has 2 aliphatic rings. The molecule has 0 radical (unpaired) electrons. The number of aromatic nitrogens is 4. The summed E-state index contributed by atoms with van der Waals surface area (Å²) >= 11 is 0. The standard InChI is InChI=1S/C25H25N5O2/c31-24(19-5-6-19)29-12-10-16(14-29)15-30-23(27-28-25(30)32)18-3-1-17(2-4-18)20-7-8-22-21(13-20)9-11-26-22/h1-4,7-9,11,13,16,19,26H,5-6,10,12,14-15H2,(H,28,32). The average Bonchev–Trinajstić information content (AvgIpc) is 3.21. The summed E-state index contributed by atoms with van der Waals surface area (Å²) in [6.07, 6.45) is 4.93. The Kier molecular flexibility index (Phi) is 4.48. The van der Waals surface area contributed by atoms with Gasteiger partial charge in [-0.3, -0.25) is 9.36 Å². The maximum absolute atomic E-state index is 12.5. The molecule has 4 aromatic rings. The first-order valence-electron chi connectivity index (χ1n) is 11.3. The van der Waals surface area contributed by atoms with Gasteiger partial charge in [-0.05, 0) is 59.9 Å². The van der Waals surface area contributed by atoms with E-state index in [1.807, 2.05) is 23.2 Å². The highest BCUT2D eigenvalue weighted by Gasteiger charge is 2.36. The van der Waals surface area contributed by atoms with Crippen LogP contribution in [0.3, 0.4) is 0 Å². The van der Waals surface area contributed by atoms with Gasteiger partial charge in [0, 0.05) is 42.8 Å². The number of hydrogen-bond acceptors (Lipinski definition) is 3. The molecule has 1 amide bonds. The highest BCUT2D eigenvalue weighted by molar-refractivity contribution is 5.85. The molecular weight excluding hydrogens is 402 g/mol. The molecule has 2 aromatic carbocycles. The minimum Gasteiger partial charge on any atom is -0.361 e. The number of nitrogens with zero attached hydrogens (tertiary/aromatic N) is 3. The van der Waals surface area contributed by atoms with Crippen molar-refractivity contribution in [3.63, 3.8) is 0 Å². The van der Waals surface area contributed by atoms with Crippen LogP contribution in [0.2, 0.25) is 0 Å². The Morgan fingerprint density at radius 3 is 2.59 bits per heavy atom. The van der Waals surface area contributed by atoms with Crippen molar-refractivity contribution in [3.05, 3.63) is 65.2 Å². The van der Waals surface area contributed by atoms with E-state index in [9.17, 15) is 9.59 Å². The summed E-state index contributed by atoms with van der Waals surface area (Å²) in [6.45, 7) is 2.10. The van der Waals surface area contributed by atoms with Gasteiger partial charge in [0.1, 0.15) is 0 Å². The molecule has 1 atom stereocenters. The molecule has 7 heteroatoms. The SMILES string of the molecule is O=C(C1CC1)N1CCC(Cn2c(-c3ccc(-c4ccc5[nH]ccc5c4)cc3)n[nH]c2=O)C1. The summed E-state index contributed by atoms with van der Waals surface area (Å²) in [6, 6.07) is 16.6. The second-order valence-electron chi connectivity index (χ2n) is 9.03. The topological polar surface area (TPSA) is 86.8 Å².